The Bertz CT molecular complexity index is 775. The molecule has 0 saturated carbocycles. The molecular formula is C40H72N2O4. The van der Waals surface area contributed by atoms with Gasteiger partial charge in [0.05, 0.1) is 11.1 Å². The predicted molar refractivity (Wildman–Crippen MR) is 195 cm³/mol. The highest BCUT2D eigenvalue weighted by Gasteiger charge is 2.12. The topological polar surface area (TPSA) is 59.1 Å². The van der Waals surface area contributed by atoms with Gasteiger partial charge in [0.1, 0.15) is 13.2 Å². The van der Waals surface area contributed by atoms with Crippen molar-refractivity contribution in [1.29, 1.82) is 0 Å². The SMILES string of the molecule is CCCCCCCCCCCCCN(C)CCOC(=O)c1ccc(C(=O)OCCN(C)CCCCCCCCCCCCC)cc1. The van der Waals surface area contributed by atoms with Crippen LogP contribution in [0.3, 0.4) is 0 Å². The summed E-state index contributed by atoms with van der Waals surface area (Å²) in [5.41, 5.74) is 0.910. The van der Waals surface area contributed by atoms with Crippen LogP contribution in [0.4, 0.5) is 0 Å². The molecule has 0 bridgehead atoms. The molecule has 0 N–H and O–H groups in total. The fraction of sp³-hybridized carbons (Fsp3) is 0.800. The van der Waals surface area contributed by atoms with Gasteiger partial charge in [0.2, 0.25) is 0 Å². The normalized spacial score (nSPS) is 11.4. The van der Waals surface area contributed by atoms with Gasteiger partial charge >= 0.3 is 11.9 Å². The molecule has 0 aromatic heterocycles. The molecule has 0 aliphatic rings. The number of hydrogen-bond donors (Lipinski definition) is 0. The summed E-state index contributed by atoms with van der Waals surface area (Å²) in [7, 11) is 4.17. The Hall–Kier alpha value is -1.92. The largest absolute Gasteiger partial charge is 0.461 e. The number of rotatable bonds is 32. The van der Waals surface area contributed by atoms with Gasteiger partial charge in [0.15, 0.2) is 0 Å². The molecule has 1 aromatic carbocycles. The number of ether oxygens (including phenoxy) is 2. The molecule has 1 aromatic rings. The van der Waals surface area contributed by atoms with E-state index in [0.29, 0.717) is 24.3 Å². The van der Waals surface area contributed by atoms with E-state index in [0.717, 1.165) is 26.2 Å². The van der Waals surface area contributed by atoms with E-state index in [4.69, 9.17) is 9.47 Å². The van der Waals surface area contributed by atoms with Crippen LogP contribution in [-0.4, -0.2) is 75.2 Å². The van der Waals surface area contributed by atoms with Crippen LogP contribution >= 0.6 is 0 Å². The van der Waals surface area contributed by atoms with Crippen molar-refractivity contribution in [3.05, 3.63) is 35.4 Å². The van der Waals surface area contributed by atoms with Crippen molar-refractivity contribution in [2.75, 3.05) is 53.5 Å². The minimum Gasteiger partial charge on any atom is -0.461 e. The van der Waals surface area contributed by atoms with Crippen LogP contribution < -0.4 is 0 Å². The molecule has 6 nitrogen and oxygen atoms in total. The quantitative estimate of drug-likeness (QED) is 0.0574. The van der Waals surface area contributed by atoms with Gasteiger partial charge in [-0.05, 0) is 64.3 Å². The van der Waals surface area contributed by atoms with E-state index >= 15 is 0 Å². The van der Waals surface area contributed by atoms with E-state index in [1.165, 1.54) is 141 Å². The van der Waals surface area contributed by atoms with Crippen LogP contribution in [0.2, 0.25) is 0 Å². The smallest absolute Gasteiger partial charge is 0.338 e. The van der Waals surface area contributed by atoms with Crippen molar-refractivity contribution < 1.29 is 19.1 Å². The summed E-state index contributed by atoms with van der Waals surface area (Å²) >= 11 is 0. The molecule has 266 valence electrons. The molecular weight excluding hydrogens is 572 g/mol. The Labute approximate surface area is 284 Å². The summed E-state index contributed by atoms with van der Waals surface area (Å²) in [6.07, 6.45) is 29.6. The van der Waals surface area contributed by atoms with Crippen molar-refractivity contribution in [2.24, 2.45) is 0 Å². The van der Waals surface area contributed by atoms with E-state index in [2.05, 4.69) is 37.7 Å². The van der Waals surface area contributed by atoms with Gasteiger partial charge in [-0.2, -0.15) is 0 Å². The van der Waals surface area contributed by atoms with Crippen molar-refractivity contribution in [3.63, 3.8) is 0 Å². The van der Waals surface area contributed by atoms with E-state index in [-0.39, 0.29) is 11.9 Å². The van der Waals surface area contributed by atoms with Crippen molar-refractivity contribution in [3.8, 4) is 0 Å². The zero-order chi connectivity index (χ0) is 33.5. The maximum absolute atomic E-state index is 12.5. The van der Waals surface area contributed by atoms with Crippen molar-refractivity contribution in [1.82, 2.24) is 9.80 Å². The lowest BCUT2D eigenvalue weighted by Gasteiger charge is -2.16. The maximum Gasteiger partial charge on any atom is 0.338 e. The summed E-state index contributed by atoms with van der Waals surface area (Å²) in [6.45, 7) is 8.77. The zero-order valence-electron chi connectivity index (χ0n) is 30.6. The highest BCUT2D eigenvalue weighted by Crippen LogP contribution is 2.13. The van der Waals surface area contributed by atoms with Crippen LogP contribution in [0.15, 0.2) is 24.3 Å². The highest BCUT2D eigenvalue weighted by atomic mass is 16.5. The number of carbonyl (C=O) groups excluding carboxylic acids is 2. The number of likely N-dealkylation sites (N-methyl/N-ethyl adjacent to an activating group) is 2. The second-order valence-electron chi connectivity index (χ2n) is 13.5. The first-order chi connectivity index (χ1) is 22.5. The molecule has 0 spiro atoms. The third kappa shape index (κ3) is 24.3. The third-order valence-corrected chi connectivity index (χ3v) is 9.06. The zero-order valence-corrected chi connectivity index (χ0v) is 30.6. The van der Waals surface area contributed by atoms with E-state index in [9.17, 15) is 9.59 Å². The van der Waals surface area contributed by atoms with Gasteiger partial charge in [-0.1, -0.05) is 142 Å². The Morgan fingerprint density at radius 1 is 0.435 bits per heavy atom. The lowest BCUT2D eigenvalue weighted by molar-refractivity contribution is 0.0458. The maximum atomic E-state index is 12.5. The van der Waals surface area contributed by atoms with E-state index in [1.54, 1.807) is 24.3 Å². The Morgan fingerprint density at radius 2 is 0.696 bits per heavy atom. The van der Waals surface area contributed by atoms with Gasteiger partial charge in [0.25, 0.3) is 0 Å². The Kier molecular flexibility index (Phi) is 27.8. The minimum atomic E-state index is -0.355. The summed E-state index contributed by atoms with van der Waals surface area (Å²) in [5.74, 6) is -0.709. The molecule has 1 rings (SSSR count). The number of nitrogens with zero attached hydrogens (tertiary/aromatic N) is 2. The fourth-order valence-corrected chi connectivity index (χ4v) is 5.81. The first-order valence-electron chi connectivity index (χ1n) is 19.3. The van der Waals surface area contributed by atoms with Gasteiger partial charge in [-0.25, -0.2) is 9.59 Å². The number of esters is 2. The average Bonchev–Trinajstić information content (AvgIpc) is 3.06. The molecule has 0 radical (unpaired) electrons. The predicted octanol–water partition coefficient (Wildman–Crippen LogP) is 10.5. The Morgan fingerprint density at radius 3 is 0.978 bits per heavy atom. The second kappa shape index (κ2) is 30.4. The molecule has 0 heterocycles. The summed E-state index contributed by atoms with van der Waals surface area (Å²) < 4.78 is 11.0. The van der Waals surface area contributed by atoms with Crippen LogP contribution in [0.1, 0.15) is 176 Å². The molecule has 0 fully saturated rings. The molecule has 0 amide bonds. The first kappa shape index (κ1) is 42.1. The van der Waals surface area contributed by atoms with E-state index < -0.39 is 0 Å². The second-order valence-corrected chi connectivity index (χ2v) is 13.5. The summed E-state index contributed by atoms with van der Waals surface area (Å²) in [4.78, 5) is 29.4. The molecule has 0 unspecified atom stereocenters. The van der Waals surface area contributed by atoms with Crippen LogP contribution in [-0.2, 0) is 9.47 Å². The molecule has 6 heteroatoms. The number of unbranched alkanes of at least 4 members (excludes halogenated alkanes) is 20. The van der Waals surface area contributed by atoms with Crippen LogP contribution in [0.25, 0.3) is 0 Å². The lowest BCUT2D eigenvalue weighted by atomic mass is 10.1. The van der Waals surface area contributed by atoms with Crippen LogP contribution in [0.5, 0.6) is 0 Å². The molecule has 46 heavy (non-hydrogen) atoms. The molecule has 0 aliphatic carbocycles. The minimum absolute atomic E-state index is 0.355. The van der Waals surface area contributed by atoms with E-state index in [1.807, 2.05) is 0 Å². The van der Waals surface area contributed by atoms with Gasteiger partial charge in [0, 0.05) is 13.1 Å². The third-order valence-electron chi connectivity index (χ3n) is 9.06. The average molecular weight is 645 g/mol. The fourth-order valence-electron chi connectivity index (χ4n) is 5.81. The summed E-state index contributed by atoms with van der Waals surface area (Å²) in [5, 5.41) is 0. The van der Waals surface area contributed by atoms with Crippen molar-refractivity contribution in [2.45, 2.75) is 155 Å². The molecule has 0 saturated heterocycles. The lowest BCUT2D eigenvalue weighted by Crippen LogP contribution is -2.25. The standard InChI is InChI=1S/C40H72N2O4/c1-5-7-9-11-13-15-17-19-21-23-25-31-41(3)33-35-45-39(43)37-27-29-38(30-28-37)40(44)46-36-34-42(4)32-26-24-22-20-18-16-14-12-10-8-6-2/h27-30H,5-26,31-36H2,1-4H3. The summed E-state index contributed by atoms with van der Waals surface area (Å²) in [6, 6.07) is 6.58. The first-order valence-corrected chi connectivity index (χ1v) is 19.3. The highest BCUT2D eigenvalue weighted by molar-refractivity contribution is 5.93. The number of carbonyl (C=O) groups is 2. The monoisotopic (exact) mass is 645 g/mol. The van der Waals surface area contributed by atoms with Gasteiger partial charge < -0.3 is 19.3 Å². The number of hydrogen-bond acceptors (Lipinski definition) is 6. The molecule has 0 aliphatic heterocycles. The van der Waals surface area contributed by atoms with Crippen molar-refractivity contribution >= 4 is 11.9 Å². The molecule has 0 atom stereocenters. The van der Waals surface area contributed by atoms with Gasteiger partial charge in [-0.15, -0.1) is 0 Å². The Balaban J connectivity index is 2.05. The van der Waals surface area contributed by atoms with Gasteiger partial charge in [-0.3, -0.25) is 0 Å². The number of benzene rings is 1. The van der Waals surface area contributed by atoms with Crippen LogP contribution in [0, 0.1) is 0 Å².